The van der Waals surface area contributed by atoms with E-state index in [2.05, 4.69) is 30.4 Å². The van der Waals surface area contributed by atoms with E-state index in [1.807, 2.05) is 0 Å². The summed E-state index contributed by atoms with van der Waals surface area (Å²) in [4.78, 5) is 41.0. The Morgan fingerprint density at radius 2 is 1.82 bits per heavy atom. The Morgan fingerprint density at radius 3 is 2.47 bits per heavy atom. The van der Waals surface area contributed by atoms with Gasteiger partial charge in [-0.3, -0.25) is 9.59 Å². The molecule has 0 bridgehead atoms. The fourth-order valence-corrected chi connectivity index (χ4v) is 8.22. The SMILES string of the molecule is CC(=O)[C@@]1(O)CC[C@H]2[C@@H]3CCC4=C/C(=N\OCC(=O)NCC(C)(C)C(O)C(=O)O)CC[C@]4(C)[C@H]3CC[C@@]21C. The second kappa shape index (κ2) is 10.0. The van der Waals surface area contributed by atoms with Crippen molar-refractivity contribution in [1.29, 1.82) is 0 Å². The van der Waals surface area contributed by atoms with Crippen LogP contribution in [0.5, 0.6) is 0 Å². The van der Waals surface area contributed by atoms with Gasteiger partial charge >= 0.3 is 5.97 Å². The highest BCUT2D eigenvalue weighted by Crippen LogP contribution is 2.67. The number of Topliss-reactive ketones (excluding diaryl/α,β-unsaturated/α-hetero) is 1. The molecule has 7 atom stereocenters. The maximum Gasteiger partial charge on any atom is 0.333 e. The first-order valence-electron chi connectivity index (χ1n) is 14.0. The van der Waals surface area contributed by atoms with Gasteiger partial charge in [-0.05, 0) is 87.5 Å². The monoisotopic (exact) mass is 532 g/mol. The second-order valence-electron chi connectivity index (χ2n) is 13.3. The third kappa shape index (κ3) is 4.70. The van der Waals surface area contributed by atoms with Crippen molar-refractivity contribution in [2.75, 3.05) is 13.2 Å². The van der Waals surface area contributed by atoms with Crippen LogP contribution in [-0.4, -0.2) is 63.5 Å². The van der Waals surface area contributed by atoms with Crippen LogP contribution in [-0.2, 0) is 19.2 Å². The van der Waals surface area contributed by atoms with Crippen LogP contribution in [0.3, 0.4) is 0 Å². The largest absolute Gasteiger partial charge is 0.479 e. The number of carboxylic acid groups (broad SMARTS) is 1. The number of rotatable bonds is 8. The summed E-state index contributed by atoms with van der Waals surface area (Å²) in [5.41, 5.74) is -0.295. The number of hydrogen-bond donors (Lipinski definition) is 4. The normalized spacial score (nSPS) is 38.3. The summed E-state index contributed by atoms with van der Waals surface area (Å²) in [5, 5.41) is 36.9. The number of carbonyl (C=O) groups excluding carboxylic acids is 2. The van der Waals surface area contributed by atoms with E-state index in [9.17, 15) is 24.6 Å². The van der Waals surface area contributed by atoms with Crippen LogP contribution in [0.15, 0.2) is 16.8 Å². The highest BCUT2D eigenvalue weighted by atomic mass is 16.6. The molecule has 0 aromatic carbocycles. The Labute approximate surface area is 225 Å². The number of nitrogens with one attached hydrogen (secondary N) is 1. The molecular weight excluding hydrogens is 488 g/mol. The van der Waals surface area contributed by atoms with Crippen molar-refractivity contribution in [2.45, 2.75) is 97.7 Å². The van der Waals surface area contributed by atoms with Gasteiger partial charge in [-0.15, -0.1) is 0 Å². The third-order valence-electron chi connectivity index (χ3n) is 10.8. The summed E-state index contributed by atoms with van der Waals surface area (Å²) in [5.74, 6) is -0.453. The van der Waals surface area contributed by atoms with Crippen LogP contribution >= 0.6 is 0 Å². The smallest absolute Gasteiger partial charge is 0.333 e. The van der Waals surface area contributed by atoms with E-state index in [-0.39, 0.29) is 29.8 Å². The molecule has 0 radical (unpaired) electrons. The summed E-state index contributed by atoms with van der Waals surface area (Å²) in [6.07, 6.45) is 7.64. The van der Waals surface area contributed by atoms with Gasteiger partial charge in [0.05, 0.1) is 5.71 Å². The van der Waals surface area contributed by atoms with Gasteiger partial charge in [-0.2, -0.15) is 0 Å². The first kappa shape index (κ1) is 28.7. The molecule has 38 heavy (non-hydrogen) atoms. The molecule has 4 aliphatic carbocycles. The van der Waals surface area contributed by atoms with E-state index < -0.39 is 29.0 Å². The fourth-order valence-electron chi connectivity index (χ4n) is 8.22. The molecule has 3 saturated carbocycles. The molecule has 9 heteroatoms. The second-order valence-corrected chi connectivity index (χ2v) is 13.3. The van der Waals surface area contributed by atoms with Crippen molar-refractivity contribution in [3.8, 4) is 0 Å². The van der Waals surface area contributed by atoms with Crippen LogP contribution in [0.4, 0.5) is 0 Å². The molecule has 9 nitrogen and oxygen atoms in total. The molecule has 0 aliphatic heterocycles. The Bertz CT molecular complexity index is 1050. The molecule has 0 heterocycles. The molecule has 0 aromatic rings. The standard InChI is InChI=1S/C29H44N2O7/c1-17(32)29(37)13-10-22-20-7-6-18-14-19(8-11-27(18,4)21(20)9-12-28(22,29)5)31-38-15-23(33)30-16-26(2,3)24(34)25(35)36/h14,20-22,24,34,37H,6-13,15-16H2,1-5H3,(H,30,33)(H,35,36)/b31-19-/t20-,21+,22+,24?,27+,28+,29+/m1/s1. The van der Waals surface area contributed by atoms with Gasteiger partial charge in [0.1, 0.15) is 5.60 Å². The van der Waals surface area contributed by atoms with E-state index in [4.69, 9.17) is 9.94 Å². The zero-order valence-electron chi connectivity index (χ0n) is 23.4. The summed E-state index contributed by atoms with van der Waals surface area (Å²) in [7, 11) is 0. The summed E-state index contributed by atoms with van der Waals surface area (Å²) in [6.45, 7) is 8.89. The maximum atomic E-state index is 12.4. The van der Waals surface area contributed by atoms with Gasteiger partial charge in [-0.1, -0.05) is 38.4 Å². The lowest BCUT2D eigenvalue weighted by Gasteiger charge is -2.59. The van der Waals surface area contributed by atoms with Crippen molar-refractivity contribution >= 4 is 23.4 Å². The van der Waals surface area contributed by atoms with Gasteiger partial charge in [0.25, 0.3) is 5.91 Å². The van der Waals surface area contributed by atoms with Gasteiger partial charge in [0.2, 0.25) is 0 Å². The van der Waals surface area contributed by atoms with Crippen LogP contribution in [0.1, 0.15) is 86.0 Å². The molecule has 212 valence electrons. The quantitative estimate of drug-likeness (QED) is 0.351. The third-order valence-corrected chi connectivity index (χ3v) is 10.8. The number of carbonyl (C=O) groups is 3. The Hall–Kier alpha value is -2.26. The predicted molar refractivity (Wildman–Crippen MR) is 141 cm³/mol. The van der Waals surface area contributed by atoms with Crippen molar-refractivity contribution in [2.24, 2.45) is 39.2 Å². The molecular formula is C29H44N2O7. The predicted octanol–water partition coefficient (Wildman–Crippen LogP) is 3.23. The lowest BCUT2D eigenvalue weighted by Crippen LogP contribution is -2.57. The Balaban J connectivity index is 1.37. The molecule has 4 N–H and O–H groups in total. The fraction of sp³-hybridized carbons (Fsp3) is 0.793. The number of nitrogens with zero attached hydrogens (tertiary/aromatic N) is 1. The molecule has 4 aliphatic rings. The first-order valence-corrected chi connectivity index (χ1v) is 14.0. The lowest BCUT2D eigenvalue weighted by atomic mass is 9.46. The molecule has 3 fully saturated rings. The zero-order valence-corrected chi connectivity index (χ0v) is 23.4. The van der Waals surface area contributed by atoms with Gasteiger partial charge in [0.15, 0.2) is 18.5 Å². The topological polar surface area (TPSA) is 146 Å². The highest BCUT2D eigenvalue weighted by molar-refractivity contribution is 5.96. The van der Waals surface area contributed by atoms with Crippen LogP contribution in [0.2, 0.25) is 0 Å². The molecule has 0 spiro atoms. The van der Waals surface area contributed by atoms with E-state index in [0.29, 0.717) is 24.2 Å². The number of oxime groups is 1. The number of hydrogen-bond acceptors (Lipinski definition) is 7. The number of carboxylic acids is 1. The molecule has 1 unspecified atom stereocenters. The number of ketones is 1. The molecule has 0 aromatic heterocycles. The highest BCUT2D eigenvalue weighted by Gasteiger charge is 2.65. The van der Waals surface area contributed by atoms with Crippen LogP contribution in [0, 0.1) is 34.0 Å². The molecule has 1 amide bonds. The van der Waals surface area contributed by atoms with Crippen molar-refractivity contribution in [3.63, 3.8) is 0 Å². The van der Waals surface area contributed by atoms with Crippen LogP contribution in [0.25, 0.3) is 0 Å². The Morgan fingerprint density at radius 1 is 1.13 bits per heavy atom. The summed E-state index contributed by atoms with van der Waals surface area (Å²) >= 11 is 0. The number of aliphatic hydroxyl groups is 2. The molecule has 4 rings (SSSR count). The zero-order chi connectivity index (χ0) is 28.1. The van der Waals surface area contributed by atoms with Crippen molar-refractivity contribution in [1.82, 2.24) is 5.32 Å². The average molecular weight is 533 g/mol. The van der Waals surface area contributed by atoms with E-state index >= 15 is 0 Å². The van der Waals surface area contributed by atoms with Gasteiger partial charge in [0, 0.05) is 17.4 Å². The minimum atomic E-state index is -1.59. The summed E-state index contributed by atoms with van der Waals surface area (Å²) in [6, 6.07) is 0. The average Bonchev–Trinajstić information content (AvgIpc) is 3.14. The minimum Gasteiger partial charge on any atom is -0.479 e. The maximum absolute atomic E-state index is 12.4. The van der Waals surface area contributed by atoms with Crippen molar-refractivity contribution < 1.29 is 34.5 Å². The lowest BCUT2D eigenvalue weighted by molar-refractivity contribution is -0.159. The van der Waals surface area contributed by atoms with Gasteiger partial charge < -0.3 is 25.5 Å². The number of amides is 1. The van der Waals surface area contributed by atoms with Gasteiger partial charge in [-0.25, -0.2) is 4.79 Å². The number of aliphatic carboxylic acids is 1. The van der Waals surface area contributed by atoms with E-state index in [1.54, 1.807) is 20.8 Å². The Kier molecular flexibility index (Phi) is 7.60. The molecule has 0 saturated heterocycles. The summed E-state index contributed by atoms with van der Waals surface area (Å²) < 4.78 is 0. The van der Waals surface area contributed by atoms with Crippen LogP contribution < -0.4 is 5.32 Å². The van der Waals surface area contributed by atoms with E-state index in [0.717, 1.165) is 50.7 Å². The van der Waals surface area contributed by atoms with Crippen molar-refractivity contribution in [3.05, 3.63) is 11.6 Å². The minimum absolute atomic E-state index is 0.00590. The van der Waals surface area contributed by atoms with E-state index in [1.165, 1.54) is 5.57 Å². The number of allylic oxidation sites excluding steroid dienone is 2. The number of aliphatic hydroxyl groups excluding tert-OH is 1. The first-order chi connectivity index (χ1) is 17.7. The number of fused-ring (bicyclic) bond motifs is 5.